The Bertz CT molecular complexity index is 736. The summed E-state index contributed by atoms with van der Waals surface area (Å²) in [5.74, 6) is -15.0. The molecule has 2 aromatic rings. The minimum Gasteiger partial charge on any atom is -0.361 e. The van der Waals surface area contributed by atoms with Crippen LogP contribution in [0.3, 0.4) is 0 Å². The minimum absolute atomic E-state index is 0.0244. The molecule has 0 aliphatic heterocycles. The van der Waals surface area contributed by atoms with E-state index in [1.165, 1.54) is 11.5 Å². The molecule has 2 N–H and O–H groups in total. The predicted molar refractivity (Wildman–Crippen MR) is 71.0 cm³/mol. The molecule has 24 heavy (non-hydrogen) atoms. The van der Waals surface area contributed by atoms with Crippen LogP contribution in [0.1, 0.15) is 5.56 Å². The second-order valence-electron chi connectivity index (χ2n) is 5.01. The lowest BCUT2D eigenvalue weighted by atomic mass is 10.1. The molecule has 2 rings (SSSR count). The zero-order valence-electron chi connectivity index (χ0n) is 11.9. The molecule has 0 saturated carbocycles. The fraction of sp³-hybridized carbons (Fsp3) is 0.357. The number of carbonyl (C=O) groups excluding carboxylic acids is 1. The largest absolute Gasteiger partial charge is 0.460 e. The number of benzene rings is 1. The van der Waals surface area contributed by atoms with E-state index in [2.05, 4.69) is 4.98 Å². The number of rotatable bonds is 5. The number of nitrogens with one attached hydrogen (secondary N) is 2. The summed E-state index contributed by atoms with van der Waals surface area (Å²) < 4.78 is 87.7. The summed E-state index contributed by atoms with van der Waals surface area (Å²) in [5.41, 5.74) is 1.32. The van der Waals surface area contributed by atoms with Crippen molar-refractivity contribution >= 4 is 16.8 Å². The van der Waals surface area contributed by atoms with Crippen LogP contribution >= 0.6 is 0 Å². The van der Waals surface area contributed by atoms with Crippen LogP contribution in [0.25, 0.3) is 10.9 Å². The van der Waals surface area contributed by atoms with E-state index in [1.54, 1.807) is 24.3 Å². The second-order valence-corrected chi connectivity index (χ2v) is 5.01. The molecule has 0 bridgehead atoms. The highest BCUT2D eigenvalue weighted by Gasteiger charge is 2.76. The predicted octanol–water partition coefficient (Wildman–Crippen LogP) is 3.66. The van der Waals surface area contributed by atoms with Gasteiger partial charge < -0.3 is 10.3 Å². The summed E-state index contributed by atoms with van der Waals surface area (Å²) in [4.78, 5) is 14.0. The van der Waals surface area contributed by atoms with Crippen molar-refractivity contribution < 1.29 is 35.5 Å². The maximum Gasteiger partial charge on any atom is 0.460 e. The van der Waals surface area contributed by atoms with Crippen molar-refractivity contribution in [3.63, 3.8) is 0 Å². The van der Waals surface area contributed by atoms with Crippen LogP contribution in [-0.2, 0) is 11.2 Å². The van der Waals surface area contributed by atoms with Gasteiger partial charge in [0.2, 0.25) is 0 Å². The first-order valence-electron chi connectivity index (χ1n) is 6.64. The van der Waals surface area contributed by atoms with Gasteiger partial charge in [-0.1, -0.05) is 18.2 Å². The van der Waals surface area contributed by atoms with Gasteiger partial charge in [-0.2, -0.15) is 30.7 Å². The van der Waals surface area contributed by atoms with Crippen LogP contribution in [0.4, 0.5) is 30.7 Å². The molecule has 10 heteroatoms. The Morgan fingerprint density at radius 1 is 1.04 bits per heavy atom. The molecule has 0 unspecified atom stereocenters. The number of fused-ring (bicyclic) bond motifs is 1. The van der Waals surface area contributed by atoms with Crippen molar-refractivity contribution in [1.29, 1.82) is 0 Å². The molecule has 0 aliphatic carbocycles. The first kappa shape index (κ1) is 18.1. The van der Waals surface area contributed by atoms with Gasteiger partial charge in [0.1, 0.15) is 0 Å². The third-order valence-corrected chi connectivity index (χ3v) is 3.39. The quantitative estimate of drug-likeness (QED) is 0.789. The lowest BCUT2D eigenvalue weighted by Crippen LogP contribution is -2.59. The third-order valence-electron chi connectivity index (χ3n) is 3.39. The Kier molecular flexibility index (Phi) is 4.51. The normalized spacial score (nSPS) is 13.3. The molecular weight excluding hydrogens is 345 g/mol. The van der Waals surface area contributed by atoms with E-state index < -0.39 is 30.5 Å². The van der Waals surface area contributed by atoms with Gasteiger partial charge in [-0.05, 0) is 18.1 Å². The Morgan fingerprint density at radius 2 is 1.67 bits per heavy atom. The Labute approximate surface area is 130 Å². The minimum atomic E-state index is -6.54. The zero-order chi connectivity index (χ0) is 18.2. The molecule has 1 aromatic heterocycles. The van der Waals surface area contributed by atoms with Gasteiger partial charge in [0.05, 0.1) is 0 Å². The Hall–Kier alpha value is -2.26. The first-order valence-corrected chi connectivity index (χ1v) is 6.64. The van der Waals surface area contributed by atoms with Crippen LogP contribution in [-0.4, -0.2) is 35.5 Å². The third kappa shape index (κ3) is 3.04. The van der Waals surface area contributed by atoms with Gasteiger partial charge in [-0.15, -0.1) is 0 Å². The van der Waals surface area contributed by atoms with Crippen molar-refractivity contribution in [3.8, 4) is 0 Å². The highest BCUT2D eigenvalue weighted by Crippen LogP contribution is 2.46. The number of carbonyl (C=O) groups is 1. The highest BCUT2D eigenvalue weighted by atomic mass is 19.4. The fourth-order valence-electron chi connectivity index (χ4n) is 2.08. The summed E-state index contributed by atoms with van der Waals surface area (Å²) in [6, 6.07) is 6.88. The molecule has 1 aromatic carbocycles. The monoisotopic (exact) mass is 356 g/mol. The molecule has 0 atom stereocenters. The molecule has 0 spiro atoms. The van der Waals surface area contributed by atoms with Gasteiger partial charge >= 0.3 is 18.0 Å². The molecular formula is C14H11F7N2O. The molecule has 3 nitrogen and oxygen atoms in total. The summed E-state index contributed by atoms with van der Waals surface area (Å²) in [5, 5.41) is 2.14. The van der Waals surface area contributed by atoms with Crippen molar-refractivity contribution in [2.75, 3.05) is 6.54 Å². The van der Waals surface area contributed by atoms with Crippen LogP contribution in [0.15, 0.2) is 30.5 Å². The maximum absolute atomic E-state index is 13.1. The number of hydrogen-bond donors (Lipinski definition) is 2. The topological polar surface area (TPSA) is 44.9 Å². The van der Waals surface area contributed by atoms with Crippen molar-refractivity contribution in [2.45, 2.75) is 24.4 Å². The fourth-order valence-corrected chi connectivity index (χ4v) is 2.08. The molecule has 0 aliphatic rings. The van der Waals surface area contributed by atoms with Gasteiger partial charge in [0, 0.05) is 23.6 Å². The van der Waals surface area contributed by atoms with Crippen molar-refractivity contribution in [3.05, 3.63) is 36.0 Å². The summed E-state index contributed by atoms with van der Waals surface area (Å²) in [6.45, 7) is -0.524. The lowest BCUT2D eigenvalue weighted by Gasteiger charge is -2.27. The summed E-state index contributed by atoms with van der Waals surface area (Å²) in [7, 11) is 0. The highest BCUT2D eigenvalue weighted by molar-refractivity contribution is 5.85. The first-order chi connectivity index (χ1) is 11.0. The van der Waals surface area contributed by atoms with Crippen LogP contribution in [0, 0.1) is 0 Å². The number of aromatic amines is 1. The van der Waals surface area contributed by atoms with E-state index >= 15 is 0 Å². The number of amides is 1. The van der Waals surface area contributed by atoms with Gasteiger partial charge in [0.25, 0.3) is 5.91 Å². The smallest absolute Gasteiger partial charge is 0.361 e. The van der Waals surface area contributed by atoms with E-state index in [0.29, 0.717) is 5.56 Å². The summed E-state index contributed by atoms with van der Waals surface area (Å²) in [6.07, 6.45) is -5.03. The van der Waals surface area contributed by atoms with Gasteiger partial charge in [-0.25, -0.2) is 0 Å². The van der Waals surface area contributed by atoms with Gasteiger partial charge in [-0.3, -0.25) is 4.79 Å². The Balaban J connectivity index is 2.03. The number of alkyl halides is 7. The standard InChI is InChI=1S/C14H11F7N2O/c15-12(16,13(17,18)14(19,20)21)11(24)22-6-5-8-7-23-10-4-2-1-3-9(8)10/h1-4,7,23H,5-6H2,(H,22,24). The average molecular weight is 356 g/mol. The lowest BCUT2D eigenvalue weighted by molar-refractivity contribution is -0.344. The van der Waals surface area contributed by atoms with E-state index in [0.717, 1.165) is 10.9 Å². The molecule has 1 heterocycles. The number of H-pyrrole nitrogens is 1. The SMILES string of the molecule is O=C(NCCc1c[nH]c2ccccc12)C(F)(F)C(F)(F)C(F)(F)F. The number of para-hydroxylation sites is 1. The van der Waals surface area contributed by atoms with Crippen LogP contribution < -0.4 is 5.32 Å². The number of hydrogen-bond acceptors (Lipinski definition) is 1. The van der Waals surface area contributed by atoms with Crippen LogP contribution in [0.5, 0.6) is 0 Å². The average Bonchev–Trinajstić information content (AvgIpc) is 2.89. The van der Waals surface area contributed by atoms with E-state index in [1.807, 2.05) is 0 Å². The number of halogens is 7. The molecule has 0 saturated heterocycles. The zero-order valence-corrected chi connectivity index (χ0v) is 11.9. The molecule has 1 amide bonds. The number of aromatic nitrogens is 1. The van der Waals surface area contributed by atoms with Gasteiger partial charge in [0.15, 0.2) is 0 Å². The molecule has 0 fully saturated rings. The molecule has 132 valence electrons. The maximum atomic E-state index is 13.1. The Morgan fingerprint density at radius 3 is 2.29 bits per heavy atom. The van der Waals surface area contributed by atoms with E-state index in [4.69, 9.17) is 0 Å². The van der Waals surface area contributed by atoms with Crippen molar-refractivity contribution in [1.82, 2.24) is 10.3 Å². The van der Waals surface area contributed by atoms with Crippen LogP contribution in [0.2, 0.25) is 0 Å². The van der Waals surface area contributed by atoms with E-state index in [-0.39, 0.29) is 6.42 Å². The summed E-state index contributed by atoms with van der Waals surface area (Å²) >= 11 is 0. The second kappa shape index (κ2) is 5.99. The van der Waals surface area contributed by atoms with E-state index in [9.17, 15) is 35.5 Å². The van der Waals surface area contributed by atoms with Crippen molar-refractivity contribution in [2.24, 2.45) is 0 Å². The molecule has 0 radical (unpaired) electrons.